The molecular weight excluding hydrogens is 739 g/mol. The van der Waals surface area contributed by atoms with Gasteiger partial charge in [0.05, 0.1) is 5.41 Å². The molecule has 1 spiro atoms. The summed E-state index contributed by atoms with van der Waals surface area (Å²) in [5.41, 5.74) is 21.4. The normalized spacial score (nSPS) is 16.7. The summed E-state index contributed by atoms with van der Waals surface area (Å²) < 4.78 is 0. The summed E-state index contributed by atoms with van der Waals surface area (Å²) in [4.78, 5) is 15.1. The molecule has 0 saturated carbocycles. The van der Waals surface area contributed by atoms with E-state index < -0.39 is 0 Å². The van der Waals surface area contributed by atoms with Crippen LogP contribution in [0.5, 0.6) is 0 Å². The fourth-order valence-electron chi connectivity index (χ4n) is 11.3. The largest absolute Gasteiger partial charge is 0.208 e. The minimum Gasteiger partial charge on any atom is -0.208 e. The summed E-state index contributed by atoms with van der Waals surface area (Å²) in [5, 5.41) is 0. The Balaban J connectivity index is 0.980. The fraction of sp³-hybridized carbons (Fsp3) is 0.155. The van der Waals surface area contributed by atoms with Crippen molar-refractivity contribution in [3.63, 3.8) is 0 Å². The third kappa shape index (κ3) is 5.07. The fourth-order valence-corrected chi connectivity index (χ4v) is 11.3. The number of nitrogens with zero attached hydrogens (tertiary/aromatic N) is 3. The maximum Gasteiger partial charge on any atom is 0.164 e. The summed E-state index contributed by atoms with van der Waals surface area (Å²) >= 11 is 0. The van der Waals surface area contributed by atoms with E-state index in [4.69, 9.17) is 15.0 Å². The average Bonchev–Trinajstić information content (AvgIpc) is 3.73. The van der Waals surface area contributed by atoms with Crippen molar-refractivity contribution in [3.05, 3.63) is 226 Å². The molecule has 4 aliphatic carbocycles. The van der Waals surface area contributed by atoms with Crippen molar-refractivity contribution in [2.75, 3.05) is 0 Å². The Hall–Kier alpha value is -6.97. The van der Waals surface area contributed by atoms with Gasteiger partial charge in [0.2, 0.25) is 0 Å². The van der Waals surface area contributed by atoms with Gasteiger partial charge in [-0.15, -0.1) is 0 Å². The molecule has 0 N–H and O–H groups in total. The Morgan fingerprint density at radius 3 is 1.36 bits per heavy atom. The third-order valence-corrected chi connectivity index (χ3v) is 14.3. The lowest BCUT2D eigenvalue weighted by atomic mass is 9.54. The van der Waals surface area contributed by atoms with Crippen LogP contribution in [0.15, 0.2) is 182 Å². The summed E-state index contributed by atoms with van der Waals surface area (Å²) in [6, 6.07) is 60.2. The first-order chi connectivity index (χ1) is 29.7. The highest BCUT2D eigenvalue weighted by Crippen LogP contribution is 2.63. The van der Waals surface area contributed by atoms with Crippen LogP contribution in [0, 0.1) is 0 Å². The van der Waals surface area contributed by atoms with Crippen LogP contribution in [0.3, 0.4) is 0 Å². The second-order valence-corrected chi connectivity index (χ2v) is 18.2. The van der Waals surface area contributed by atoms with E-state index in [0.29, 0.717) is 17.5 Å². The molecule has 0 radical (unpaired) electrons. The number of hydrogen-bond acceptors (Lipinski definition) is 3. The quantitative estimate of drug-likeness (QED) is 0.178. The van der Waals surface area contributed by atoms with Gasteiger partial charge >= 0.3 is 0 Å². The first kappa shape index (κ1) is 35.9. The van der Waals surface area contributed by atoms with Gasteiger partial charge in [0.25, 0.3) is 0 Å². The van der Waals surface area contributed by atoms with E-state index >= 15 is 0 Å². The number of fused-ring (bicyclic) bond motifs is 11. The predicted octanol–water partition coefficient (Wildman–Crippen LogP) is 13.9. The first-order valence-corrected chi connectivity index (χ1v) is 21.7. The van der Waals surface area contributed by atoms with Gasteiger partial charge in [0, 0.05) is 27.5 Å². The highest BCUT2D eigenvalue weighted by molar-refractivity contribution is 5.94. The van der Waals surface area contributed by atoms with Crippen molar-refractivity contribution in [2.45, 2.75) is 56.8 Å². The van der Waals surface area contributed by atoms with Gasteiger partial charge in [-0.25, -0.2) is 15.0 Å². The van der Waals surface area contributed by atoms with Crippen LogP contribution in [0.25, 0.3) is 62.0 Å². The molecule has 0 unspecified atom stereocenters. The summed E-state index contributed by atoms with van der Waals surface area (Å²) in [6.45, 7) is 9.54. The zero-order chi connectivity index (χ0) is 41.1. The van der Waals surface area contributed by atoms with Gasteiger partial charge in [-0.05, 0) is 109 Å². The van der Waals surface area contributed by atoms with Crippen LogP contribution >= 0.6 is 0 Å². The molecule has 8 aromatic rings. The monoisotopic (exact) mass is 783 g/mol. The first-order valence-electron chi connectivity index (χ1n) is 21.7. The number of aromatic nitrogens is 3. The van der Waals surface area contributed by atoms with E-state index in [0.717, 1.165) is 29.5 Å². The Morgan fingerprint density at radius 2 is 0.803 bits per heavy atom. The van der Waals surface area contributed by atoms with E-state index in [1.165, 1.54) is 72.3 Å². The average molecular weight is 784 g/mol. The molecule has 0 aliphatic heterocycles. The van der Waals surface area contributed by atoms with Crippen molar-refractivity contribution >= 4 is 5.57 Å². The highest BCUT2D eigenvalue weighted by Gasteiger charge is 2.54. The number of benzene rings is 7. The highest BCUT2D eigenvalue weighted by atomic mass is 15.0. The van der Waals surface area contributed by atoms with E-state index in [1.54, 1.807) is 5.57 Å². The van der Waals surface area contributed by atoms with Crippen LogP contribution in [0.4, 0.5) is 0 Å². The molecule has 1 aromatic heterocycles. The lowest BCUT2D eigenvalue weighted by molar-refractivity contribution is 0.550. The van der Waals surface area contributed by atoms with E-state index in [2.05, 4.69) is 167 Å². The summed E-state index contributed by atoms with van der Waals surface area (Å²) in [5.74, 6) is 2.02. The Morgan fingerprint density at radius 1 is 0.377 bits per heavy atom. The van der Waals surface area contributed by atoms with Crippen LogP contribution in [0.2, 0.25) is 0 Å². The zero-order valence-corrected chi connectivity index (χ0v) is 35.0. The second-order valence-electron chi connectivity index (χ2n) is 18.2. The molecule has 0 fully saturated rings. The Kier molecular flexibility index (Phi) is 7.67. The standard InChI is InChI=1S/C58H45N3/c1-56(2)46-23-13-15-25-48(46)58(49-26-16-14-24-47(49)56)45-22-12-11-21-41(45)44-31-28-39(34-52(44)58)38-27-30-42-43-32-29-40(35-51(43)57(3,4)50(42)33-38)55-60-53(36-17-7-5-8-18-36)59-54(61-55)37-19-9-6-10-20-37/h5-11,13-21,23-35H,12,22H2,1-4H3. The third-order valence-electron chi connectivity index (χ3n) is 14.3. The van der Waals surface area contributed by atoms with Crippen molar-refractivity contribution in [2.24, 2.45) is 0 Å². The molecule has 292 valence electrons. The number of rotatable bonds is 4. The molecule has 61 heavy (non-hydrogen) atoms. The van der Waals surface area contributed by atoms with Crippen LogP contribution < -0.4 is 0 Å². The molecule has 3 heteroatoms. The lowest BCUT2D eigenvalue weighted by Gasteiger charge is -2.47. The number of allylic oxidation sites excluding steroid dienone is 4. The maximum atomic E-state index is 5.07. The zero-order valence-electron chi connectivity index (χ0n) is 35.0. The lowest BCUT2D eigenvalue weighted by Crippen LogP contribution is -2.41. The van der Waals surface area contributed by atoms with Gasteiger partial charge in [0.15, 0.2) is 17.5 Å². The second kappa shape index (κ2) is 13.0. The van der Waals surface area contributed by atoms with Crippen LogP contribution in [-0.4, -0.2) is 15.0 Å². The van der Waals surface area contributed by atoms with Gasteiger partial charge in [-0.2, -0.15) is 0 Å². The molecule has 12 rings (SSSR count). The molecule has 1 heterocycles. The smallest absolute Gasteiger partial charge is 0.164 e. The molecular formula is C58H45N3. The summed E-state index contributed by atoms with van der Waals surface area (Å²) in [6.07, 6.45) is 6.89. The van der Waals surface area contributed by atoms with Gasteiger partial charge < -0.3 is 0 Å². The number of hydrogen-bond donors (Lipinski definition) is 0. The van der Waals surface area contributed by atoms with Crippen molar-refractivity contribution in [3.8, 4) is 56.4 Å². The maximum absolute atomic E-state index is 5.07. The molecule has 4 aliphatic rings. The van der Waals surface area contributed by atoms with Gasteiger partial charge in [-0.3, -0.25) is 0 Å². The van der Waals surface area contributed by atoms with E-state index in [9.17, 15) is 0 Å². The van der Waals surface area contributed by atoms with Crippen LogP contribution in [-0.2, 0) is 16.2 Å². The molecule has 0 amide bonds. The minimum absolute atomic E-state index is 0.109. The molecule has 0 bridgehead atoms. The minimum atomic E-state index is -0.341. The van der Waals surface area contributed by atoms with Crippen molar-refractivity contribution in [1.82, 2.24) is 15.0 Å². The van der Waals surface area contributed by atoms with Crippen molar-refractivity contribution in [1.29, 1.82) is 0 Å². The summed E-state index contributed by atoms with van der Waals surface area (Å²) in [7, 11) is 0. The van der Waals surface area contributed by atoms with E-state index in [-0.39, 0.29) is 16.2 Å². The Labute approximate surface area is 358 Å². The SMILES string of the molecule is CC1(C)c2cc(-c3ccc4c(c3)C3(C5=C4C=CCC5)c4ccccc4C(C)(C)c4ccccc43)ccc2-c2ccc(-c3nc(-c4ccccc4)nc(-c4ccccc4)n3)cc21. The topological polar surface area (TPSA) is 38.7 Å². The van der Waals surface area contributed by atoms with Gasteiger partial charge in [-0.1, -0.05) is 185 Å². The molecule has 3 nitrogen and oxygen atoms in total. The van der Waals surface area contributed by atoms with Crippen molar-refractivity contribution < 1.29 is 0 Å². The molecule has 0 atom stereocenters. The molecule has 0 saturated heterocycles. The molecule has 7 aromatic carbocycles. The van der Waals surface area contributed by atoms with Crippen LogP contribution in [0.1, 0.15) is 85.0 Å². The Bertz CT molecular complexity index is 3080. The predicted molar refractivity (Wildman–Crippen MR) is 249 cm³/mol. The van der Waals surface area contributed by atoms with E-state index in [1.807, 2.05) is 36.4 Å². The van der Waals surface area contributed by atoms with Gasteiger partial charge in [0.1, 0.15) is 0 Å².